The molecule has 1 unspecified atom stereocenters. The maximum Gasteiger partial charge on any atom is 0.240 e. The van der Waals surface area contributed by atoms with Gasteiger partial charge >= 0.3 is 0 Å². The number of hydrogen-bond donors (Lipinski definition) is 1. The van der Waals surface area contributed by atoms with Crippen LogP contribution in [0.25, 0.3) is 0 Å². The van der Waals surface area contributed by atoms with E-state index in [4.69, 9.17) is 4.52 Å². The van der Waals surface area contributed by atoms with Gasteiger partial charge < -0.3 is 9.63 Å². The van der Waals surface area contributed by atoms with Gasteiger partial charge in [-0.05, 0) is 25.3 Å². The quantitative estimate of drug-likeness (QED) is 0.886. The molecule has 0 aromatic carbocycles. The third kappa shape index (κ3) is 3.29. The molecular formula is C13H23N3O2. The minimum Gasteiger partial charge on any atom is -0.396 e. The molecule has 1 aromatic heterocycles. The van der Waals surface area contributed by atoms with Crippen molar-refractivity contribution in [3.8, 4) is 0 Å². The summed E-state index contributed by atoms with van der Waals surface area (Å²) in [5.74, 6) is 1.83. The van der Waals surface area contributed by atoms with Crippen molar-refractivity contribution in [3.05, 3.63) is 11.7 Å². The van der Waals surface area contributed by atoms with E-state index in [9.17, 15) is 5.11 Å². The van der Waals surface area contributed by atoms with E-state index in [0.29, 0.717) is 18.4 Å². The topological polar surface area (TPSA) is 62.4 Å². The van der Waals surface area contributed by atoms with Crippen molar-refractivity contribution >= 4 is 0 Å². The van der Waals surface area contributed by atoms with Gasteiger partial charge in [-0.2, -0.15) is 4.98 Å². The van der Waals surface area contributed by atoms with E-state index in [2.05, 4.69) is 35.8 Å². The SMILES string of the molecule is CC(C)(C)c1noc(CN2CCCC(CO)C2)n1. The highest BCUT2D eigenvalue weighted by Crippen LogP contribution is 2.21. The van der Waals surface area contributed by atoms with Crippen molar-refractivity contribution < 1.29 is 9.63 Å². The van der Waals surface area contributed by atoms with Crippen LogP contribution in [0.1, 0.15) is 45.3 Å². The van der Waals surface area contributed by atoms with Crippen LogP contribution < -0.4 is 0 Å². The van der Waals surface area contributed by atoms with Crippen molar-refractivity contribution in [1.82, 2.24) is 15.0 Å². The predicted molar refractivity (Wildman–Crippen MR) is 68.1 cm³/mol. The summed E-state index contributed by atoms with van der Waals surface area (Å²) < 4.78 is 5.30. The van der Waals surface area contributed by atoms with E-state index in [1.54, 1.807) is 0 Å². The Labute approximate surface area is 108 Å². The highest BCUT2D eigenvalue weighted by molar-refractivity contribution is 5.00. The molecule has 1 aliphatic heterocycles. The Kier molecular flexibility index (Phi) is 4.02. The standard InChI is InChI=1S/C13H23N3O2/c1-13(2,3)12-14-11(18-15-12)8-16-6-4-5-10(7-16)9-17/h10,17H,4-9H2,1-3H3. The molecule has 102 valence electrons. The van der Waals surface area contributed by atoms with Crippen LogP contribution in [0.3, 0.4) is 0 Å². The molecule has 5 nitrogen and oxygen atoms in total. The fourth-order valence-electron chi connectivity index (χ4n) is 2.26. The van der Waals surface area contributed by atoms with Gasteiger partial charge in [-0.15, -0.1) is 0 Å². The Morgan fingerprint density at radius 2 is 2.22 bits per heavy atom. The smallest absolute Gasteiger partial charge is 0.240 e. The van der Waals surface area contributed by atoms with Crippen LogP contribution in [0, 0.1) is 5.92 Å². The molecule has 0 aliphatic carbocycles. The Bertz CT molecular complexity index is 384. The Morgan fingerprint density at radius 1 is 1.44 bits per heavy atom. The third-order valence-corrected chi connectivity index (χ3v) is 3.36. The summed E-state index contributed by atoms with van der Waals surface area (Å²) in [4.78, 5) is 6.73. The lowest BCUT2D eigenvalue weighted by molar-refractivity contribution is 0.107. The monoisotopic (exact) mass is 253 g/mol. The van der Waals surface area contributed by atoms with Crippen LogP contribution in [-0.2, 0) is 12.0 Å². The van der Waals surface area contributed by atoms with Crippen molar-refractivity contribution in [1.29, 1.82) is 0 Å². The molecule has 0 spiro atoms. The molecule has 1 atom stereocenters. The first kappa shape index (κ1) is 13.5. The van der Waals surface area contributed by atoms with Crippen LogP contribution in [0.4, 0.5) is 0 Å². The molecule has 1 fully saturated rings. The lowest BCUT2D eigenvalue weighted by Gasteiger charge is -2.30. The molecule has 0 radical (unpaired) electrons. The number of rotatable bonds is 3. The summed E-state index contributed by atoms with van der Waals surface area (Å²) in [6, 6.07) is 0. The maximum absolute atomic E-state index is 9.21. The van der Waals surface area contributed by atoms with Crippen molar-refractivity contribution in [3.63, 3.8) is 0 Å². The first-order chi connectivity index (χ1) is 8.49. The van der Waals surface area contributed by atoms with Crippen molar-refractivity contribution in [2.45, 2.75) is 45.6 Å². The Morgan fingerprint density at radius 3 is 2.83 bits per heavy atom. The highest BCUT2D eigenvalue weighted by atomic mass is 16.5. The van der Waals surface area contributed by atoms with Gasteiger partial charge in [0.2, 0.25) is 5.89 Å². The number of hydrogen-bond acceptors (Lipinski definition) is 5. The van der Waals surface area contributed by atoms with E-state index < -0.39 is 0 Å². The summed E-state index contributed by atoms with van der Waals surface area (Å²) >= 11 is 0. The normalized spacial score (nSPS) is 22.3. The number of aliphatic hydroxyl groups is 1. The highest BCUT2D eigenvalue weighted by Gasteiger charge is 2.24. The summed E-state index contributed by atoms with van der Waals surface area (Å²) in [5, 5.41) is 13.2. The number of likely N-dealkylation sites (tertiary alicyclic amines) is 1. The van der Waals surface area contributed by atoms with Gasteiger partial charge in [0.25, 0.3) is 0 Å². The average Bonchev–Trinajstić information content (AvgIpc) is 2.77. The van der Waals surface area contributed by atoms with Gasteiger partial charge in [0, 0.05) is 18.6 Å². The van der Waals surface area contributed by atoms with Crippen LogP contribution in [0.15, 0.2) is 4.52 Å². The van der Waals surface area contributed by atoms with Gasteiger partial charge in [-0.3, -0.25) is 4.90 Å². The second kappa shape index (κ2) is 5.36. The van der Waals surface area contributed by atoms with Crippen molar-refractivity contribution in [2.24, 2.45) is 5.92 Å². The summed E-state index contributed by atoms with van der Waals surface area (Å²) in [7, 11) is 0. The molecule has 2 heterocycles. The zero-order valence-corrected chi connectivity index (χ0v) is 11.5. The second-order valence-electron chi connectivity index (χ2n) is 6.19. The average molecular weight is 253 g/mol. The van der Waals surface area contributed by atoms with Gasteiger partial charge in [0.15, 0.2) is 5.82 Å². The first-order valence-corrected chi connectivity index (χ1v) is 6.65. The summed E-state index contributed by atoms with van der Waals surface area (Å²) in [5.41, 5.74) is -0.0721. The van der Waals surface area contributed by atoms with E-state index in [1.807, 2.05) is 0 Å². The Balaban J connectivity index is 1.95. The third-order valence-electron chi connectivity index (χ3n) is 3.36. The molecule has 0 bridgehead atoms. The summed E-state index contributed by atoms with van der Waals surface area (Å²) in [6.07, 6.45) is 2.25. The number of nitrogens with zero attached hydrogens (tertiary/aromatic N) is 3. The van der Waals surface area contributed by atoms with Gasteiger partial charge in [0.05, 0.1) is 6.54 Å². The lowest BCUT2D eigenvalue weighted by Crippen LogP contribution is -2.36. The fourth-order valence-corrected chi connectivity index (χ4v) is 2.26. The molecule has 5 heteroatoms. The first-order valence-electron chi connectivity index (χ1n) is 6.65. The molecule has 0 saturated carbocycles. The molecule has 1 aliphatic rings. The molecular weight excluding hydrogens is 230 g/mol. The van der Waals surface area contributed by atoms with Gasteiger partial charge in [-0.25, -0.2) is 0 Å². The fraction of sp³-hybridized carbons (Fsp3) is 0.846. The molecule has 18 heavy (non-hydrogen) atoms. The van der Waals surface area contributed by atoms with E-state index in [1.165, 1.54) is 0 Å². The largest absolute Gasteiger partial charge is 0.396 e. The zero-order chi connectivity index (χ0) is 13.2. The molecule has 0 amide bonds. The number of piperidine rings is 1. The van der Waals surface area contributed by atoms with Gasteiger partial charge in [0.1, 0.15) is 0 Å². The van der Waals surface area contributed by atoms with Crippen molar-refractivity contribution in [2.75, 3.05) is 19.7 Å². The van der Waals surface area contributed by atoms with Crippen LogP contribution in [0.5, 0.6) is 0 Å². The maximum atomic E-state index is 9.21. The number of aliphatic hydroxyl groups excluding tert-OH is 1. The molecule has 2 rings (SSSR count). The van der Waals surface area contributed by atoms with Gasteiger partial charge in [-0.1, -0.05) is 25.9 Å². The lowest BCUT2D eigenvalue weighted by atomic mass is 9.96. The minimum absolute atomic E-state index is 0.0721. The van der Waals surface area contributed by atoms with Crippen LogP contribution in [0.2, 0.25) is 0 Å². The van der Waals surface area contributed by atoms with Crippen LogP contribution >= 0.6 is 0 Å². The minimum atomic E-state index is -0.0721. The molecule has 1 N–H and O–H groups in total. The second-order valence-corrected chi connectivity index (χ2v) is 6.19. The van der Waals surface area contributed by atoms with E-state index in [-0.39, 0.29) is 12.0 Å². The predicted octanol–water partition coefficient (Wildman–Crippen LogP) is 1.57. The zero-order valence-electron chi connectivity index (χ0n) is 11.5. The molecule has 1 aromatic rings. The van der Waals surface area contributed by atoms with Crippen LogP contribution in [-0.4, -0.2) is 39.8 Å². The Hall–Kier alpha value is -0.940. The molecule has 1 saturated heterocycles. The van der Waals surface area contributed by atoms with E-state index >= 15 is 0 Å². The summed E-state index contributed by atoms with van der Waals surface area (Å²) in [6.45, 7) is 9.15. The number of aromatic nitrogens is 2. The van der Waals surface area contributed by atoms with E-state index in [0.717, 1.165) is 31.8 Å².